The van der Waals surface area contributed by atoms with Crippen molar-refractivity contribution in [3.8, 4) is 5.75 Å². The summed E-state index contributed by atoms with van der Waals surface area (Å²) in [5.74, 6) is 2.65. The summed E-state index contributed by atoms with van der Waals surface area (Å²) in [4.78, 5) is 0. The Hall–Kier alpha value is -1.94. The summed E-state index contributed by atoms with van der Waals surface area (Å²) in [6, 6.07) is 8.78. The van der Waals surface area contributed by atoms with Crippen molar-refractivity contribution < 1.29 is 19.3 Å². The predicted molar refractivity (Wildman–Crippen MR) is 123 cm³/mol. The topological polar surface area (TPSA) is 47.9 Å². The summed E-state index contributed by atoms with van der Waals surface area (Å²) in [5.41, 5.74) is 3.04. The SMILES string of the molecule is COc1ccc([C@H]2C[C@@]3(C)[C@@H](CCC34OC=CO4)[C@@H]3CCC4=CC(O)CC[C@]4(C)[C@H]32)cc1. The first-order chi connectivity index (χ1) is 15.4. The van der Waals surface area contributed by atoms with E-state index in [9.17, 15) is 5.11 Å². The molecular formula is C28H36O4. The van der Waals surface area contributed by atoms with E-state index in [1.165, 1.54) is 24.0 Å². The van der Waals surface area contributed by atoms with Gasteiger partial charge in [-0.3, -0.25) is 0 Å². The smallest absolute Gasteiger partial charge is 0.255 e. The number of rotatable bonds is 2. The Morgan fingerprint density at radius 3 is 2.47 bits per heavy atom. The highest BCUT2D eigenvalue weighted by Crippen LogP contribution is 2.72. The molecule has 3 fully saturated rings. The van der Waals surface area contributed by atoms with E-state index >= 15 is 0 Å². The molecule has 1 spiro atoms. The summed E-state index contributed by atoms with van der Waals surface area (Å²) in [6.07, 6.45) is 12.9. The van der Waals surface area contributed by atoms with Gasteiger partial charge in [0.15, 0.2) is 0 Å². The molecule has 172 valence electrons. The van der Waals surface area contributed by atoms with Gasteiger partial charge in [-0.1, -0.05) is 37.6 Å². The third-order valence-electron chi connectivity index (χ3n) is 10.2. The molecule has 5 aliphatic rings. The van der Waals surface area contributed by atoms with Crippen molar-refractivity contribution in [2.75, 3.05) is 7.11 Å². The molecule has 0 radical (unpaired) electrons. The second kappa shape index (κ2) is 7.03. The van der Waals surface area contributed by atoms with Gasteiger partial charge < -0.3 is 19.3 Å². The van der Waals surface area contributed by atoms with Crippen molar-refractivity contribution in [2.24, 2.45) is 28.6 Å². The average molecular weight is 437 g/mol. The molecule has 3 saturated carbocycles. The van der Waals surface area contributed by atoms with Crippen LogP contribution in [0.5, 0.6) is 5.75 Å². The van der Waals surface area contributed by atoms with Gasteiger partial charge in [0.1, 0.15) is 18.3 Å². The van der Waals surface area contributed by atoms with Crippen molar-refractivity contribution in [2.45, 2.75) is 76.6 Å². The van der Waals surface area contributed by atoms with Crippen LogP contribution in [-0.2, 0) is 9.47 Å². The van der Waals surface area contributed by atoms with Crippen molar-refractivity contribution in [3.05, 3.63) is 54.0 Å². The molecule has 4 aliphatic carbocycles. The van der Waals surface area contributed by atoms with Crippen LogP contribution in [0.4, 0.5) is 0 Å². The number of hydrogen-bond acceptors (Lipinski definition) is 4. The van der Waals surface area contributed by atoms with Gasteiger partial charge in [-0.25, -0.2) is 0 Å². The Bertz CT molecular complexity index is 941. The molecule has 32 heavy (non-hydrogen) atoms. The number of aliphatic hydroxyl groups excluding tert-OH is 1. The second-order valence-corrected chi connectivity index (χ2v) is 11.4. The van der Waals surface area contributed by atoms with Crippen LogP contribution >= 0.6 is 0 Å². The molecule has 4 heteroatoms. The molecule has 1 aromatic carbocycles. The molecule has 0 aromatic heterocycles. The maximum atomic E-state index is 10.4. The van der Waals surface area contributed by atoms with Gasteiger partial charge in [-0.05, 0) is 85.3 Å². The Balaban J connectivity index is 1.47. The summed E-state index contributed by atoms with van der Waals surface area (Å²) >= 11 is 0. The van der Waals surface area contributed by atoms with Crippen molar-refractivity contribution >= 4 is 0 Å². The van der Waals surface area contributed by atoms with Crippen LogP contribution in [0.1, 0.15) is 70.3 Å². The Morgan fingerprint density at radius 1 is 1.00 bits per heavy atom. The Morgan fingerprint density at radius 2 is 1.75 bits per heavy atom. The van der Waals surface area contributed by atoms with E-state index in [1.54, 1.807) is 19.6 Å². The first-order valence-corrected chi connectivity index (χ1v) is 12.4. The van der Waals surface area contributed by atoms with Crippen LogP contribution in [0.2, 0.25) is 0 Å². The third-order valence-corrected chi connectivity index (χ3v) is 10.2. The third kappa shape index (κ3) is 2.65. The van der Waals surface area contributed by atoms with Gasteiger partial charge in [0.2, 0.25) is 0 Å². The minimum Gasteiger partial charge on any atom is -0.497 e. The molecule has 1 unspecified atom stereocenters. The molecule has 1 N–H and O–H groups in total. The van der Waals surface area contributed by atoms with Gasteiger partial charge in [0.05, 0.1) is 13.2 Å². The first kappa shape index (κ1) is 20.7. The normalized spacial score (nSPS) is 43.5. The van der Waals surface area contributed by atoms with E-state index in [4.69, 9.17) is 14.2 Å². The molecular weight excluding hydrogens is 400 g/mol. The monoisotopic (exact) mass is 436 g/mol. The van der Waals surface area contributed by atoms with Gasteiger partial charge in [-0.2, -0.15) is 0 Å². The maximum absolute atomic E-state index is 10.4. The first-order valence-electron chi connectivity index (χ1n) is 12.4. The lowest BCUT2D eigenvalue weighted by atomic mass is 9.43. The number of fused-ring (bicyclic) bond motifs is 6. The largest absolute Gasteiger partial charge is 0.497 e. The summed E-state index contributed by atoms with van der Waals surface area (Å²) in [6.45, 7) is 4.93. The zero-order valence-corrected chi connectivity index (χ0v) is 19.5. The maximum Gasteiger partial charge on any atom is 0.255 e. The Kier molecular flexibility index (Phi) is 4.54. The number of aliphatic hydroxyl groups is 1. The fourth-order valence-corrected chi connectivity index (χ4v) is 8.71. The van der Waals surface area contributed by atoms with E-state index in [2.05, 4.69) is 44.2 Å². The van der Waals surface area contributed by atoms with Crippen molar-refractivity contribution in [1.82, 2.24) is 0 Å². The quantitative estimate of drug-likeness (QED) is 0.584. The highest BCUT2D eigenvalue weighted by molar-refractivity contribution is 5.35. The fourth-order valence-electron chi connectivity index (χ4n) is 8.71. The van der Waals surface area contributed by atoms with E-state index in [0.29, 0.717) is 23.7 Å². The lowest BCUT2D eigenvalue weighted by Crippen LogP contribution is -2.57. The average Bonchev–Trinajstić information content (AvgIpc) is 3.39. The van der Waals surface area contributed by atoms with Gasteiger partial charge >= 0.3 is 0 Å². The zero-order chi connectivity index (χ0) is 22.1. The molecule has 1 heterocycles. The Labute approximate surface area is 191 Å². The highest BCUT2D eigenvalue weighted by atomic mass is 16.7. The molecule has 0 saturated heterocycles. The van der Waals surface area contributed by atoms with Crippen LogP contribution in [0.25, 0.3) is 0 Å². The zero-order valence-electron chi connectivity index (χ0n) is 19.5. The number of methoxy groups -OCH3 is 1. The van der Waals surface area contributed by atoms with Crippen molar-refractivity contribution in [3.63, 3.8) is 0 Å². The number of allylic oxidation sites excluding steroid dienone is 1. The van der Waals surface area contributed by atoms with Gasteiger partial charge in [0, 0.05) is 11.8 Å². The van der Waals surface area contributed by atoms with Crippen LogP contribution in [0.15, 0.2) is 48.4 Å². The number of ether oxygens (including phenoxy) is 3. The van der Waals surface area contributed by atoms with Gasteiger partial charge in [-0.15, -0.1) is 0 Å². The summed E-state index contributed by atoms with van der Waals surface area (Å²) in [7, 11) is 1.73. The lowest BCUT2D eigenvalue weighted by molar-refractivity contribution is -0.235. The molecule has 1 aromatic rings. The fraction of sp³-hybridized carbons (Fsp3) is 0.643. The van der Waals surface area contributed by atoms with Crippen LogP contribution in [0.3, 0.4) is 0 Å². The van der Waals surface area contributed by atoms with Crippen LogP contribution < -0.4 is 4.74 Å². The van der Waals surface area contributed by atoms with Crippen molar-refractivity contribution in [1.29, 1.82) is 0 Å². The van der Waals surface area contributed by atoms with E-state index in [-0.39, 0.29) is 16.9 Å². The minimum atomic E-state index is -0.507. The number of hydrogen-bond donors (Lipinski definition) is 1. The van der Waals surface area contributed by atoms with E-state index < -0.39 is 5.79 Å². The molecule has 6 rings (SSSR count). The lowest BCUT2D eigenvalue weighted by Gasteiger charge is -2.61. The van der Waals surface area contributed by atoms with E-state index in [0.717, 1.165) is 37.9 Å². The summed E-state index contributed by atoms with van der Waals surface area (Å²) < 4.78 is 18.0. The molecule has 0 amide bonds. The molecule has 0 bridgehead atoms. The molecule has 7 atom stereocenters. The number of benzene rings is 1. The standard InChI is InChI=1S/C28H36O4/c1-26-12-10-20(29)16-19(26)6-9-22-24-11-13-28(31-14-15-32-28)27(24,2)17-23(25(22)26)18-4-7-21(30-3)8-5-18/h4-5,7-8,14-16,20,22-25,29H,6,9-13,17H2,1-3H3/t20?,22-,23+,24-,25+,26-,27-/m0/s1. The van der Waals surface area contributed by atoms with Crippen LogP contribution in [-0.4, -0.2) is 24.1 Å². The summed E-state index contributed by atoms with van der Waals surface area (Å²) in [5, 5.41) is 10.4. The predicted octanol–water partition coefficient (Wildman–Crippen LogP) is 5.93. The molecule has 4 nitrogen and oxygen atoms in total. The molecule has 1 aliphatic heterocycles. The van der Waals surface area contributed by atoms with E-state index in [1.807, 2.05) is 0 Å². The second-order valence-electron chi connectivity index (χ2n) is 11.4. The van der Waals surface area contributed by atoms with Crippen LogP contribution in [0, 0.1) is 28.6 Å². The van der Waals surface area contributed by atoms with Gasteiger partial charge in [0.25, 0.3) is 5.79 Å². The highest BCUT2D eigenvalue weighted by Gasteiger charge is 2.69. The minimum absolute atomic E-state index is 0.0198.